The van der Waals surface area contributed by atoms with E-state index < -0.39 is 0 Å². The Kier molecular flexibility index (Phi) is 6.08. The highest BCUT2D eigenvalue weighted by atomic mass is 16.5. The third-order valence-electron chi connectivity index (χ3n) is 6.05. The number of amides is 1. The van der Waals surface area contributed by atoms with Gasteiger partial charge in [0.2, 0.25) is 0 Å². The van der Waals surface area contributed by atoms with Crippen LogP contribution in [0.1, 0.15) is 35.2 Å². The molecule has 4 nitrogen and oxygen atoms in total. The van der Waals surface area contributed by atoms with E-state index in [1.165, 1.54) is 17.5 Å². The number of carbonyl (C=O) groups excluding carboxylic acids is 1. The average molecular weight is 379 g/mol. The third-order valence-corrected chi connectivity index (χ3v) is 6.05. The molecule has 0 bridgehead atoms. The van der Waals surface area contributed by atoms with Crippen molar-refractivity contribution in [2.45, 2.75) is 32.2 Å². The van der Waals surface area contributed by atoms with Crippen LogP contribution in [-0.2, 0) is 4.74 Å². The lowest BCUT2D eigenvalue weighted by atomic mass is 9.97. The number of hydrogen-bond acceptors (Lipinski definition) is 3. The van der Waals surface area contributed by atoms with E-state index in [0.717, 1.165) is 63.4 Å². The molecule has 4 heteroatoms. The van der Waals surface area contributed by atoms with Gasteiger partial charge >= 0.3 is 0 Å². The Morgan fingerprint density at radius 1 is 1.00 bits per heavy atom. The van der Waals surface area contributed by atoms with Gasteiger partial charge in [-0.1, -0.05) is 36.4 Å². The van der Waals surface area contributed by atoms with Crippen molar-refractivity contribution in [1.29, 1.82) is 0 Å². The summed E-state index contributed by atoms with van der Waals surface area (Å²) in [6, 6.07) is 16.8. The molecule has 2 heterocycles. The molecule has 0 spiro atoms. The molecule has 0 aromatic heterocycles. The van der Waals surface area contributed by atoms with Gasteiger partial charge in [0.15, 0.2) is 0 Å². The minimum absolute atomic E-state index is 0.175. The number of morpholine rings is 1. The molecule has 1 atom stereocenters. The first kappa shape index (κ1) is 19.2. The SMILES string of the molecule is Cc1ccccc1-c1ccc(C(=O)N2CCCC[C@@H]2CN2CCOCC2)cc1. The van der Waals surface area contributed by atoms with E-state index in [1.807, 2.05) is 12.1 Å². The van der Waals surface area contributed by atoms with E-state index >= 15 is 0 Å². The summed E-state index contributed by atoms with van der Waals surface area (Å²) in [6.07, 6.45) is 3.42. The molecule has 2 aromatic rings. The summed E-state index contributed by atoms with van der Waals surface area (Å²) in [7, 11) is 0. The van der Waals surface area contributed by atoms with Crippen LogP contribution in [0.3, 0.4) is 0 Å². The number of benzene rings is 2. The zero-order chi connectivity index (χ0) is 19.3. The summed E-state index contributed by atoms with van der Waals surface area (Å²) in [6.45, 7) is 7.53. The maximum atomic E-state index is 13.2. The second kappa shape index (κ2) is 8.89. The van der Waals surface area contributed by atoms with Gasteiger partial charge in [-0.15, -0.1) is 0 Å². The summed E-state index contributed by atoms with van der Waals surface area (Å²) in [5.74, 6) is 0.175. The molecule has 2 aliphatic rings. The van der Waals surface area contributed by atoms with Gasteiger partial charge in [0.1, 0.15) is 0 Å². The van der Waals surface area contributed by atoms with Crippen molar-refractivity contribution in [3.8, 4) is 11.1 Å². The normalized spacial score (nSPS) is 20.9. The zero-order valence-corrected chi connectivity index (χ0v) is 16.8. The standard InChI is InChI=1S/C24H30N2O2/c1-19-6-2-3-8-23(19)20-9-11-21(12-10-20)24(27)26-13-5-4-7-22(26)18-25-14-16-28-17-15-25/h2-3,6,8-12,22H,4-5,7,13-18H2,1H3/t22-/m1/s1. The van der Waals surface area contributed by atoms with Crippen molar-refractivity contribution in [2.75, 3.05) is 39.4 Å². The van der Waals surface area contributed by atoms with Crippen LogP contribution in [0.2, 0.25) is 0 Å². The van der Waals surface area contributed by atoms with Gasteiger partial charge in [-0.05, 0) is 55.0 Å². The monoisotopic (exact) mass is 378 g/mol. The lowest BCUT2D eigenvalue weighted by Gasteiger charge is -2.39. The Balaban J connectivity index is 1.48. The molecule has 2 aliphatic heterocycles. The van der Waals surface area contributed by atoms with E-state index in [9.17, 15) is 4.79 Å². The van der Waals surface area contributed by atoms with Crippen LogP contribution in [0.4, 0.5) is 0 Å². The van der Waals surface area contributed by atoms with Gasteiger partial charge in [0.25, 0.3) is 5.91 Å². The van der Waals surface area contributed by atoms with Gasteiger partial charge in [-0.25, -0.2) is 0 Å². The maximum Gasteiger partial charge on any atom is 0.254 e. The fraction of sp³-hybridized carbons (Fsp3) is 0.458. The van der Waals surface area contributed by atoms with Gasteiger partial charge in [-0.2, -0.15) is 0 Å². The predicted molar refractivity (Wildman–Crippen MR) is 113 cm³/mol. The van der Waals surface area contributed by atoms with Crippen molar-refractivity contribution in [2.24, 2.45) is 0 Å². The van der Waals surface area contributed by atoms with E-state index in [-0.39, 0.29) is 5.91 Å². The van der Waals surface area contributed by atoms with Crippen molar-refractivity contribution < 1.29 is 9.53 Å². The van der Waals surface area contributed by atoms with E-state index in [1.54, 1.807) is 0 Å². The van der Waals surface area contributed by atoms with Crippen LogP contribution in [0, 0.1) is 6.92 Å². The summed E-state index contributed by atoms with van der Waals surface area (Å²) in [5, 5.41) is 0. The van der Waals surface area contributed by atoms with E-state index in [2.05, 4.69) is 53.1 Å². The lowest BCUT2D eigenvalue weighted by Crippen LogP contribution is -2.51. The fourth-order valence-electron chi connectivity index (χ4n) is 4.39. The Bertz CT molecular complexity index is 797. The van der Waals surface area contributed by atoms with Crippen LogP contribution in [-0.4, -0.2) is 61.1 Å². The Morgan fingerprint density at radius 3 is 2.50 bits per heavy atom. The van der Waals surface area contributed by atoms with Crippen molar-refractivity contribution >= 4 is 5.91 Å². The van der Waals surface area contributed by atoms with Gasteiger partial charge in [-0.3, -0.25) is 9.69 Å². The number of likely N-dealkylation sites (tertiary alicyclic amines) is 1. The van der Waals surface area contributed by atoms with Crippen molar-refractivity contribution in [1.82, 2.24) is 9.80 Å². The van der Waals surface area contributed by atoms with Crippen LogP contribution < -0.4 is 0 Å². The number of hydrogen-bond donors (Lipinski definition) is 0. The highest BCUT2D eigenvalue weighted by molar-refractivity contribution is 5.95. The molecule has 0 N–H and O–H groups in total. The van der Waals surface area contributed by atoms with Gasteiger partial charge < -0.3 is 9.64 Å². The van der Waals surface area contributed by atoms with Gasteiger partial charge in [0.05, 0.1) is 13.2 Å². The molecule has 28 heavy (non-hydrogen) atoms. The summed E-state index contributed by atoms with van der Waals surface area (Å²) in [4.78, 5) is 17.8. The topological polar surface area (TPSA) is 32.8 Å². The number of rotatable bonds is 4. The molecule has 0 radical (unpaired) electrons. The van der Waals surface area contributed by atoms with Crippen molar-refractivity contribution in [3.63, 3.8) is 0 Å². The maximum absolute atomic E-state index is 13.2. The van der Waals surface area contributed by atoms with Crippen molar-refractivity contribution in [3.05, 3.63) is 59.7 Å². The molecule has 0 aliphatic carbocycles. The molecule has 2 aromatic carbocycles. The first-order valence-corrected chi connectivity index (χ1v) is 10.5. The third kappa shape index (κ3) is 4.29. The number of carbonyl (C=O) groups is 1. The second-order valence-electron chi connectivity index (χ2n) is 7.95. The zero-order valence-electron chi connectivity index (χ0n) is 16.8. The molecular formula is C24H30N2O2. The number of ether oxygens (including phenoxy) is 1. The smallest absolute Gasteiger partial charge is 0.254 e. The Hall–Kier alpha value is -2.17. The number of aryl methyl sites for hydroxylation is 1. The van der Waals surface area contributed by atoms with Gasteiger partial charge in [0, 0.05) is 37.8 Å². The average Bonchev–Trinajstić information content (AvgIpc) is 2.75. The molecule has 4 rings (SSSR count). The highest BCUT2D eigenvalue weighted by Gasteiger charge is 2.29. The largest absolute Gasteiger partial charge is 0.379 e. The van der Waals surface area contributed by atoms with E-state index in [0.29, 0.717) is 6.04 Å². The van der Waals surface area contributed by atoms with Crippen LogP contribution in [0.15, 0.2) is 48.5 Å². The molecule has 148 valence electrons. The Labute approximate surface area is 168 Å². The molecule has 0 saturated carbocycles. The van der Waals surface area contributed by atoms with Crippen LogP contribution in [0.5, 0.6) is 0 Å². The fourth-order valence-corrected chi connectivity index (χ4v) is 4.39. The first-order valence-electron chi connectivity index (χ1n) is 10.5. The first-order chi connectivity index (χ1) is 13.7. The highest BCUT2D eigenvalue weighted by Crippen LogP contribution is 2.25. The summed E-state index contributed by atoms with van der Waals surface area (Å²) in [5.41, 5.74) is 4.44. The lowest BCUT2D eigenvalue weighted by molar-refractivity contribution is 0.0166. The molecule has 1 amide bonds. The quantitative estimate of drug-likeness (QED) is 0.806. The molecule has 0 unspecified atom stereocenters. The summed E-state index contributed by atoms with van der Waals surface area (Å²) >= 11 is 0. The van der Waals surface area contributed by atoms with E-state index in [4.69, 9.17) is 4.74 Å². The Morgan fingerprint density at radius 2 is 1.75 bits per heavy atom. The molecular weight excluding hydrogens is 348 g/mol. The van der Waals surface area contributed by atoms with Crippen LogP contribution >= 0.6 is 0 Å². The molecule has 2 fully saturated rings. The molecule has 2 saturated heterocycles. The summed E-state index contributed by atoms with van der Waals surface area (Å²) < 4.78 is 5.47. The predicted octanol–water partition coefficient (Wildman–Crippen LogP) is 3.99. The minimum Gasteiger partial charge on any atom is -0.379 e. The van der Waals surface area contributed by atoms with Crippen LogP contribution in [0.25, 0.3) is 11.1 Å². The minimum atomic E-state index is 0.175. The number of nitrogens with zero attached hydrogens (tertiary/aromatic N) is 2. The second-order valence-corrected chi connectivity index (χ2v) is 7.95. The number of piperidine rings is 1.